The van der Waals surface area contributed by atoms with E-state index in [9.17, 15) is 4.79 Å². The molecule has 0 saturated carbocycles. The lowest BCUT2D eigenvalue weighted by molar-refractivity contribution is 0.227. The van der Waals surface area contributed by atoms with Gasteiger partial charge in [0.25, 0.3) is 0 Å². The molecule has 0 bridgehead atoms. The number of amides is 2. The van der Waals surface area contributed by atoms with Crippen LogP contribution in [0.3, 0.4) is 0 Å². The van der Waals surface area contributed by atoms with E-state index in [-0.39, 0.29) is 6.10 Å². The third kappa shape index (κ3) is 4.25. The highest BCUT2D eigenvalue weighted by molar-refractivity contribution is 5.90. The van der Waals surface area contributed by atoms with E-state index in [4.69, 9.17) is 10.5 Å². The summed E-state index contributed by atoms with van der Waals surface area (Å²) >= 11 is 0. The average molecular weight is 312 g/mol. The molecule has 0 aromatic heterocycles. The summed E-state index contributed by atoms with van der Waals surface area (Å²) in [5.74, 6) is 1.28. The number of carbonyl (C=O) groups is 1. The first kappa shape index (κ1) is 16.9. The van der Waals surface area contributed by atoms with Crippen LogP contribution in [0, 0.1) is 0 Å². The molecule has 0 radical (unpaired) electrons. The molecule has 122 valence electrons. The van der Waals surface area contributed by atoms with E-state index in [1.54, 1.807) is 7.05 Å². The lowest BCUT2D eigenvalue weighted by atomic mass is 10.0. The normalized spacial score (nSPS) is 12.0. The molecule has 23 heavy (non-hydrogen) atoms. The third-order valence-electron chi connectivity index (χ3n) is 3.94. The Morgan fingerprint density at radius 1 is 0.957 bits per heavy atom. The highest BCUT2D eigenvalue weighted by Gasteiger charge is 2.10. The predicted molar refractivity (Wildman–Crippen MR) is 94.0 cm³/mol. The minimum Gasteiger partial charge on any atom is -0.486 e. The highest BCUT2D eigenvalue weighted by Crippen LogP contribution is 2.25. The molecule has 0 aliphatic rings. The number of rotatable bonds is 5. The van der Waals surface area contributed by atoms with Crippen molar-refractivity contribution in [1.82, 2.24) is 0 Å². The Labute approximate surface area is 137 Å². The van der Waals surface area contributed by atoms with Crippen molar-refractivity contribution in [2.75, 3.05) is 11.9 Å². The summed E-state index contributed by atoms with van der Waals surface area (Å²) in [6, 6.07) is 15.3. The molecule has 0 fully saturated rings. The van der Waals surface area contributed by atoms with E-state index in [0.717, 1.165) is 17.0 Å². The molecule has 2 aromatic carbocycles. The number of benzene rings is 2. The van der Waals surface area contributed by atoms with Gasteiger partial charge in [-0.2, -0.15) is 0 Å². The van der Waals surface area contributed by atoms with Crippen molar-refractivity contribution in [3.63, 3.8) is 0 Å². The van der Waals surface area contributed by atoms with Crippen LogP contribution in [0.1, 0.15) is 43.9 Å². The molecule has 2 amide bonds. The number of primary amides is 1. The fraction of sp³-hybridized carbons (Fsp3) is 0.316. The summed E-state index contributed by atoms with van der Waals surface area (Å²) in [5, 5.41) is 0. The lowest BCUT2D eigenvalue weighted by Crippen LogP contribution is -2.31. The van der Waals surface area contributed by atoms with Gasteiger partial charge in [0.05, 0.1) is 0 Å². The molecule has 4 heteroatoms. The van der Waals surface area contributed by atoms with Gasteiger partial charge in [-0.1, -0.05) is 38.1 Å². The molecule has 0 spiro atoms. The van der Waals surface area contributed by atoms with Crippen molar-refractivity contribution in [3.05, 3.63) is 59.7 Å². The number of urea groups is 1. The molecule has 0 unspecified atom stereocenters. The van der Waals surface area contributed by atoms with Crippen LogP contribution in [0.4, 0.5) is 10.5 Å². The molecule has 0 aliphatic heterocycles. The van der Waals surface area contributed by atoms with Crippen molar-refractivity contribution in [2.45, 2.75) is 32.8 Å². The van der Waals surface area contributed by atoms with Gasteiger partial charge < -0.3 is 10.5 Å². The zero-order valence-electron chi connectivity index (χ0n) is 14.1. The van der Waals surface area contributed by atoms with Gasteiger partial charge in [0.1, 0.15) is 11.9 Å². The Morgan fingerprint density at radius 2 is 1.48 bits per heavy atom. The predicted octanol–water partition coefficient (Wildman–Crippen LogP) is 4.46. The number of hydrogen-bond acceptors (Lipinski definition) is 2. The van der Waals surface area contributed by atoms with Gasteiger partial charge in [0.15, 0.2) is 0 Å². The Hall–Kier alpha value is -2.49. The number of ether oxygens (including phenoxy) is 1. The minimum absolute atomic E-state index is 0.0454. The van der Waals surface area contributed by atoms with Crippen LogP contribution in [0.5, 0.6) is 5.75 Å². The summed E-state index contributed by atoms with van der Waals surface area (Å²) in [4.78, 5) is 12.5. The maximum atomic E-state index is 11.1. The quantitative estimate of drug-likeness (QED) is 0.886. The molecule has 4 nitrogen and oxygen atoms in total. The fourth-order valence-corrected chi connectivity index (χ4v) is 2.30. The average Bonchev–Trinajstić information content (AvgIpc) is 2.54. The molecule has 0 heterocycles. The first-order valence-electron chi connectivity index (χ1n) is 7.78. The van der Waals surface area contributed by atoms with Gasteiger partial charge in [-0.05, 0) is 48.2 Å². The molecule has 2 aromatic rings. The minimum atomic E-state index is -0.489. The molecule has 0 saturated heterocycles. The number of nitrogens with zero attached hydrogens (tertiary/aromatic N) is 1. The third-order valence-corrected chi connectivity index (χ3v) is 3.94. The smallest absolute Gasteiger partial charge is 0.318 e. The van der Waals surface area contributed by atoms with Crippen molar-refractivity contribution < 1.29 is 9.53 Å². The van der Waals surface area contributed by atoms with Gasteiger partial charge in [0, 0.05) is 12.7 Å². The van der Waals surface area contributed by atoms with Crippen LogP contribution in [-0.4, -0.2) is 13.1 Å². The van der Waals surface area contributed by atoms with E-state index in [1.807, 2.05) is 31.2 Å². The molecular formula is C19H24N2O2. The van der Waals surface area contributed by atoms with Crippen molar-refractivity contribution >= 4 is 11.7 Å². The van der Waals surface area contributed by atoms with Gasteiger partial charge in [-0.25, -0.2) is 4.79 Å². The summed E-state index contributed by atoms with van der Waals surface area (Å²) in [7, 11) is 1.64. The van der Waals surface area contributed by atoms with Gasteiger partial charge in [0.2, 0.25) is 0 Å². The van der Waals surface area contributed by atoms with Crippen molar-refractivity contribution in [3.8, 4) is 5.75 Å². The second kappa shape index (κ2) is 7.18. The zero-order chi connectivity index (χ0) is 17.0. The number of carbonyl (C=O) groups excluding carboxylic acids is 1. The number of nitrogens with two attached hydrogens (primary N) is 1. The van der Waals surface area contributed by atoms with Crippen LogP contribution >= 0.6 is 0 Å². The Morgan fingerprint density at radius 3 is 1.96 bits per heavy atom. The molecule has 2 N–H and O–H groups in total. The topological polar surface area (TPSA) is 55.6 Å². The maximum Gasteiger partial charge on any atom is 0.318 e. The van der Waals surface area contributed by atoms with E-state index < -0.39 is 6.03 Å². The zero-order valence-corrected chi connectivity index (χ0v) is 14.1. The number of anilines is 1. The first-order chi connectivity index (χ1) is 10.9. The Balaban J connectivity index is 2.05. The number of hydrogen-bond donors (Lipinski definition) is 1. The second-order valence-corrected chi connectivity index (χ2v) is 5.97. The van der Waals surface area contributed by atoms with Crippen LogP contribution in [-0.2, 0) is 0 Å². The molecule has 1 atom stereocenters. The molecular weight excluding hydrogens is 288 g/mol. The fourth-order valence-electron chi connectivity index (χ4n) is 2.30. The van der Waals surface area contributed by atoms with E-state index >= 15 is 0 Å². The van der Waals surface area contributed by atoms with E-state index in [2.05, 4.69) is 38.1 Å². The standard InChI is InChI=1S/C19H24N2O2/c1-13(2)15-5-7-16(8-6-15)14(3)23-18-11-9-17(10-12-18)21(4)19(20)22/h5-14H,1-4H3,(H2,20,22)/t14-/m0/s1. The Bertz CT molecular complexity index is 648. The highest BCUT2D eigenvalue weighted by atomic mass is 16.5. The van der Waals surface area contributed by atoms with E-state index in [0.29, 0.717) is 5.92 Å². The van der Waals surface area contributed by atoms with Gasteiger partial charge in [-0.15, -0.1) is 0 Å². The van der Waals surface area contributed by atoms with Crippen LogP contribution < -0.4 is 15.4 Å². The SMILES string of the molecule is CC(C)c1ccc([C@H](C)Oc2ccc(N(C)C(N)=O)cc2)cc1. The monoisotopic (exact) mass is 312 g/mol. The second-order valence-electron chi connectivity index (χ2n) is 5.97. The molecule has 0 aliphatic carbocycles. The van der Waals surface area contributed by atoms with Crippen LogP contribution in [0.2, 0.25) is 0 Å². The summed E-state index contributed by atoms with van der Waals surface area (Å²) < 4.78 is 5.96. The van der Waals surface area contributed by atoms with E-state index in [1.165, 1.54) is 10.5 Å². The van der Waals surface area contributed by atoms with Crippen molar-refractivity contribution in [2.24, 2.45) is 5.73 Å². The Kier molecular flexibility index (Phi) is 5.27. The summed E-state index contributed by atoms with van der Waals surface area (Å²) in [5.41, 5.74) is 8.44. The first-order valence-corrected chi connectivity index (χ1v) is 7.78. The molecule has 2 rings (SSSR count). The van der Waals surface area contributed by atoms with Crippen molar-refractivity contribution in [1.29, 1.82) is 0 Å². The van der Waals surface area contributed by atoms with Gasteiger partial charge >= 0.3 is 6.03 Å². The summed E-state index contributed by atoms with van der Waals surface area (Å²) in [6.45, 7) is 6.38. The maximum absolute atomic E-state index is 11.1. The largest absolute Gasteiger partial charge is 0.486 e. The lowest BCUT2D eigenvalue weighted by Gasteiger charge is -2.18. The van der Waals surface area contributed by atoms with Gasteiger partial charge in [-0.3, -0.25) is 4.90 Å². The van der Waals surface area contributed by atoms with Crippen LogP contribution in [0.15, 0.2) is 48.5 Å². The summed E-state index contributed by atoms with van der Waals surface area (Å²) in [6.07, 6.45) is -0.0454. The van der Waals surface area contributed by atoms with Crippen LogP contribution in [0.25, 0.3) is 0 Å².